The maximum atomic E-state index is 12.5. The molecule has 0 saturated carbocycles. The SMILES string of the molecule is Cc1cccc(N(C)C(=O)C2CCCNC2C)c1. The van der Waals surface area contributed by atoms with Gasteiger partial charge in [0, 0.05) is 18.8 Å². The van der Waals surface area contributed by atoms with Gasteiger partial charge < -0.3 is 10.2 Å². The van der Waals surface area contributed by atoms with Gasteiger partial charge in [-0.05, 0) is 50.9 Å². The number of nitrogens with one attached hydrogen (secondary N) is 1. The highest BCUT2D eigenvalue weighted by Gasteiger charge is 2.30. The second kappa shape index (κ2) is 5.53. The first-order valence-corrected chi connectivity index (χ1v) is 6.67. The maximum absolute atomic E-state index is 12.5. The predicted octanol–water partition coefficient (Wildman–Crippen LogP) is 2.35. The fourth-order valence-electron chi connectivity index (χ4n) is 2.59. The smallest absolute Gasteiger partial charge is 0.231 e. The monoisotopic (exact) mass is 246 g/mol. The van der Waals surface area contributed by atoms with Crippen LogP contribution in [-0.4, -0.2) is 25.5 Å². The van der Waals surface area contributed by atoms with Crippen molar-refractivity contribution in [2.75, 3.05) is 18.5 Å². The zero-order valence-corrected chi connectivity index (χ0v) is 11.4. The van der Waals surface area contributed by atoms with Gasteiger partial charge >= 0.3 is 0 Å². The van der Waals surface area contributed by atoms with Gasteiger partial charge in [0.1, 0.15) is 0 Å². The molecule has 1 fully saturated rings. The molecule has 1 heterocycles. The van der Waals surface area contributed by atoms with Gasteiger partial charge in [-0.2, -0.15) is 0 Å². The average Bonchev–Trinajstić information content (AvgIpc) is 2.37. The summed E-state index contributed by atoms with van der Waals surface area (Å²) in [6.45, 7) is 5.18. The molecular weight excluding hydrogens is 224 g/mol. The molecule has 1 aromatic carbocycles. The molecule has 1 aliphatic heterocycles. The van der Waals surface area contributed by atoms with E-state index in [1.807, 2.05) is 32.2 Å². The molecule has 0 radical (unpaired) electrons. The van der Waals surface area contributed by atoms with Gasteiger partial charge in [-0.25, -0.2) is 0 Å². The van der Waals surface area contributed by atoms with E-state index >= 15 is 0 Å². The van der Waals surface area contributed by atoms with Crippen LogP contribution in [0.25, 0.3) is 0 Å². The number of rotatable bonds is 2. The van der Waals surface area contributed by atoms with E-state index in [0.29, 0.717) is 0 Å². The van der Waals surface area contributed by atoms with Crippen LogP contribution < -0.4 is 10.2 Å². The lowest BCUT2D eigenvalue weighted by molar-refractivity contribution is -0.123. The number of carbonyl (C=O) groups excluding carboxylic acids is 1. The first-order valence-electron chi connectivity index (χ1n) is 6.67. The van der Waals surface area contributed by atoms with Crippen LogP contribution in [0.3, 0.4) is 0 Å². The van der Waals surface area contributed by atoms with Gasteiger partial charge in [-0.3, -0.25) is 4.79 Å². The Kier molecular flexibility index (Phi) is 4.02. The lowest BCUT2D eigenvalue weighted by atomic mass is 9.90. The Morgan fingerprint density at radius 3 is 2.89 bits per heavy atom. The Labute approximate surface area is 109 Å². The lowest BCUT2D eigenvalue weighted by Crippen LogP contribution is -2.47. The van der Waals surface area contributed by atoms with E-state index in [1.54, 1.807) is 4.90 Å². The van der Waals surface area contributed by atoms with Crippen LogP contribution in [0, 0.1) is 12.8 Å². The largest absolute Gasteiger partial charge is 0.315 e. The standard InChI is InChI=1S/C15H22N2O/c1-11-6-4-7-13(10-11)17(3)15(18)14-8-5-9-16-12(14)2/h4,6-7,10,12,14,16H,5,8-9H2,1-3H3. The molecule has 3 nitrogen and oxygen atoms in total. The van der Waals surface area contributed by atoms with Gasteiger partial charge in [0.05, 0.1) is 5.92 Å². The Morgan fingerprint density at radius 2 is 2.22 bits per heavy atom. The molecule has 1 amide bonds. The second-order valence-corrected chi connectivity index (χ2v) is 5.23. The van der Waals surface area contributed by atoms with E-state index in [4.69, 9.17) is 0 Å². The molecule has 1 N–H and O–H groups in total. The average molecular weight is 246 g/mol. The summed E-state index contributed by atoms with van der Waals surface area (Å²) in [7, 11) is 1.87. The summed E-state index contributed by atoms with van der Waals surface area (Å²) in [5.74, 6) is 0.324. The highest BCUT2D eigenvalue weighted by atomic mass is 16.2. The minimum absolute atomic E-state index is 0.101. The normalized spacial score (nSPS) is 23.7. The number of benzene rings is 1. The number of hydrogen-bond donors (Lipinski definition) is 1. The van der Waals surface area contributed by atoms with Gasteiger partial charge in [0.15, 0.2) is 0 Å². The Morgan fingerprint density at radius 1 is 1.44 bits per heavy atom. The van der Waals surface area contributed by atoms with E-state index in [2.05, 4.69) is 18.3 Å². The van der Waals surface area contributed by atoms with Crippen molar-refractivity contribution in [1.29, 1.82) is 0 Å². The summed E-state index contributed by atoms with van der Waals surface area (Å²) in [5, 5.41) is 3.38. The molecule has 1 aromatic rings. The molecule has 0 aromatic heterocycles. The Hall–Kier alpha value is -1.35. The lowest BCUT2D eigenvalue weighted by Gasteiger charge is -2.32. The molecule has 2 rings (SSSR count). The molecule has 2 unspecified atom stereocenters. The van der Waals surface area contributed by atoms with Crippen LogP contribution in [0.5, 0.6) is 0 Å². The maximum Gasteiger partial charge on any atom is 0.231 e. The molecule has 1 aliphatic rings. The van der Waals surface area contributed by atoms with Crippen molar-refractivity contribution < 1.29 is 4.79 Å². The minimum atomic E-state index is 0.101. The third-order valence-corrected chi connectivity index (χ3v) is 3.80. The first-order chi connectivity index (χ1) is 8.59. The van der Waals surface area contributed by atoms with Crippen LogP contribution in [0.15, 0.2) is 24.3 Å². The predicted molar refractivity (Wildman–Crippen MR) is 74.8 cm³/mol. The molecule has 98 valence electrons. The van der Waals surface area contributed by atoms with Crippen molar-refractivity contribution in [2.45, 2.75) is 32.7 Å². The molecule has 0 bridgehead atoms. The summed E-state index contributed by atoms with van der Waals surface area (Å²) < 4.78 is 0. The Balaban J connectivity index is 2.13. The summed E-state index contributed by atoms with van der Waals surface area (Å²) in [5.41, 5.74) is 2.17. The van der Waals surface area contributed by atoms with Crippen LogP contribution in [0.4, 0.5) is 5.69 Å². The van der Waals surface area contributed by atoms with Gasteiger partial charge in [-0.15, -0.1) is 0 Å². The number of carbonyl (C=O) groups is 1. The summed E-state index contributed by atoms with van der Waals surface area (Å²) >= 11 is 0. The van der Waals surface area contributed by atoms with Crippen LogP contribution >= 0.6 is 0 Å². The van der Waals surface area contributed by atoms with E-state index in [1.165, 1.54) is 5.56 Å². The van der Waals surface area contributed by atoms with Gasteiger partial charge in [0.2, 0.25) is 5.91 Å². The number of hydrogen-bond acceptors (Lipinski definition) is 2. The highest BCUT2D eigenvalue weighted by molar-refractivity contribution is 5.95. The van der Waals surface area contributed by atoms with Crippen LogP contribution in [0.2, 0.25) is 0 Å². The third-order valence-electron chi connectivity index (χ3n) is 3.80. The number of nitrogens with zero attached hydrogens (tertiary/aromatic N) is 1. The van der Waals surface area contributed by atoms with Crippen molar-refractivity contribution >= 4 is 11.6 Å². The van der Waals surface area contributed by atoms with E-state index in [-0.39, 0.29) is 17.9 Å². The van der Waals surface area contributed by atoms with Gasteiger partial charge in [-0.1, -0.05) is 12.1 Å². The summed E-state index contributed by atoms with van der Waals surface area (Å²) in [6, 6.07) is 8.37. The first kappa shape index (κ1) is 13.1. The molecule has 1 saturated heterocycles. The fraction of sp³-hybridized carbons (Fsp3) is 0.533. The van der Waals surface area contributed by atoms with Crippen LogP contribution in [0.1, 0.15) is 25.3 Å². The van der Waals surface area contributed by atoms with E-state index in [0.717, 1.165) is 25.1 Å². The second-order valence-electron chi connectivity index (χ2n) is 5.23. The zero-order valence-electron chi connectivity index (χ0n) is 11.4. The van der Waals surface area contributed by atoms with E-state index < -0.39 is 0 Å². The Bertz CT molecular complexity index is 430. The molecule has 3 heteroatoms. The highest BCUT2D eigenvalue weighted by Crippen LogP contribution is 2.22. The summed E-state index contributed by atoms with van der Waals surface area (Å²) in [4.78, 5) is 14.3. The van der Waals surface area contributed by atoms with Crippen molar-refractivity contribution in [3.8, 4) is 0 Å². The quantitative estimate of drug-likeness (QED) is 0.868. The number of anilines is 1. The molecule has 2 atom stereocenters. The van der Waals surface area contributed by atoms with Crippen molar-refractivity contribution in [1.82, 2.24) is 5.32 Å². The van der Waals surface area contributed by atoms with Crippen molar-refractivity contribution in [2.24, 2.45) is 5.92 Å². The molecule has 0 aliphatic carbocycles. The van der Waals surface area contributed by atoms with E-state index in [9.17, 15) is 4.79 Å². The van der Waals surface area contributed by atoms with Crippen molar-refractivity contribution in [3.63, 3.8) is 0 Å². The number of amides is 1. The van der Waals surface area contributed by atoms with Crippen molar-refractivity contribution in [3.05, 3.63) is 29.8 Å². The summed E-state index contributed by atoms with van der Waals surface area (Å²) in [6.07, 6.45) is 2.07. The minimum Gasteiger partial charge on any atom is -0.315 e. The molecule has 18 heavy (non-hydrogen) atoms. The molecular formula is C15H22N2O. The van der Waals surface area contributed by atoms with Gasteiger partial charge in [0.25, 0.3) is 0 Å². The topological polar surface area (TPSA) is 32.3 Å². The van der Waals surface area contributed by atoms with Crippen LogP contribution in [-0.2, 0) is 4.79 Å². The third kappa shape index (κ3) is 2.72. The number of piperidine rings is 1. The molecule has 0 spiro atoms. The zero-order chi connectivity index (χ0) is 13.1. The fourth-order valence-corrected chi connectivity index (χ4v) is 2.59. The number of aryl methyl sites for hydroxylation is 1.